The summed E-state index contributed by atoms with van der Waals surface area (Å²) >= 11 is 0. The Morgan fingerprint density at radius 1 is 1.25 bits per heavy atom. The second-order valence-electron chi connectivity index (χ2n) is 6.44. The van der Waals surface area contributed by atoms with E-state index in [2.05, 4.69) is 17.2 Å². The molecule has 0 bridgehead atoms. The fourth-order valence-electron chi connectivity index (χ4n) is 3.48. The topological polar surface area (TPSA) is 61.2 Å². The predicted molar refractivity (Wildman–Crippen MR) is 82.2 cm³/mol. The lowest BCUT2D eigenvalue weighted by Crippen LogP contribution is -2.90. The van der Waals surface area contributed by atoms with Crippen LogP contribution in [0.15, 0.2) is 0 Å². The largest absolute Gasteiger partial charge is 0.343 e. The van der Waals surface area contributed by atoms with Gasteiger partial charge in [0.25, 0.3) is 0 Å². The molecule has 1 spiro atoms. The van der Waals surface area contributed by atoms with Gasteiger partial charge in [0.15, 0.2) is 5.72 Å². The van der Waals surface area contributed by atoms with Crippen molar-refractivity contribution in [2.24, 2.45) is 5.73 Å². The molecule has 0 saturated carbocycles. The normalized spacial score (nSPS) is 29.4. The maximum atomic E-state index is 5.98. The van der Waals surface area contributed by atoms with Gasteiger partial charge in [-0.2, -0.15) is 0 Å². The standard InChI is InChI=1S/C16H31N3O/c1-2-3-4-5-6-7-8-10-14-13-16(11-9-12-20-16)19-15(17)18-14/h14H,2-13H2,1H3,(H3,17,18,19)/p+1/t14-,16-/m1/s1. The minimum Gasteiger partial charge on any atom is -0.343 e. The molecule has 4 nitrogen and oxygen atoms in total. The number of hydrogen-bond donors (Lipinski definition) is 3. The monoisotopic (exact) mass is 282 g/mol. The molecule has 0 radical (unpaired) electrons. The first kappa shape index (κ1) is 15.6. The van der Waals surface area contributed by atoms with Crippen molar-refractivity contribution in [3.05, 3.63) is 0 Å². The molecule has 2 rings (SSSR count). The van der Waals surface area contributed by atoms with Crippen LogP contribution in [0.25, 0.3) is 0 Å². The molecule has 1 saturated heterocycles. The zero-order valence-electron chi connectivity index (χ0n) is 13.0. The number of rotatable bonds is 8. The van der Waals surface area contributed by atoms with Crippen LogP contribution < -0.4 is 16.0 Å². The van der Waals surface area contributed by atoms with E-state index in [1.165, 1.54) is 51.4 Å². The number of guanidine groups is 1. The van der Waals surface area contributed by atoms with Gasteiger partial charge in [-0.25, -0.2) is 5.32 Å². The Hall–Kier alpha value is -0.770. The van der Waals surface area contributed by atoms with E-state index in [1.807, 2.05) is 0 Å². The molecule has 0 aromatic heterocycles. The molecule has 2 heterocycles. The van der Waals surface area contributed by atoms with E-state index in [4.69, 9.17) is 10.5 Å². The highest BCUT2D eigenvalue weighted by Crippen LogP contribution is 2.28. The van der Waals surface area contributed by atoms with E-state index < -0.39 is 0 Å². The number of unbranched alkanes of at least 4 members (excludes halogenated alkanes) is 6. The van der Waals surface area contributed by atoms with Crippen LogP contribution in [0.5, 0.6) is 0 Å². The average molecular weight is 282 g/mol. The second kappa shape index (κ2) is 7.87. The van der Waals surface area contributed by atoms with Crippen LogP contribution in [-0.4, -0.2) is 24.3 Å². The Morgan fingerprint density at radius 3 is 2.70 bits per heavy atom. The van der Waals surface area contributed by atoms with Crippen LogP contribution >= 0.6 is 0 Å². The summed E-state index contributed by atoms with van der Waals surface area (Å²) in [6, 6.07) is 0.477. The van der Waals surface area contributed by atoms with Crippen molar-refractivity contribution in [2.75, 3.05) is 6.61 Å². The lowest BCUT2D eigenvalue weighted by atomic mass is 9.95. The highest BCUT2D eigenvalue weighted by atomic mass is 16.5. The summed E-state index contributed by atoms with van der Waals surface area (Å²) in [5.74, 6) is 0.700. The van der Waals surface area contributed by atoms with Gasteiger partial charge < -0.3 is 4.74 Å². The number of nitrogens with one attached hydrogen (secondary N) is 2. The van der Waals surface area contributed by atoms with Gasteiger partial charge in [0.05, 0.1) is 12.6 Å². The lowest BCUT2D eigenvalue weighted by molar-refractivity contribution is -0.521. The molecule has 2 aliphatic rings. The molecule has 2 atom stereocenters. The van der Waals surface area contributed by atoms with Crippen molar-refractivity contribution < 1.29 is 9.73 Å². The van der Waals surface area contributed by atoms with Crippen LogP contribution in [0.4, 0.5) is 0 Å². The third-order valence-electron chi connectivity index (χ3n) is 4.56. The van der Waals surface area contributed by atoms with Crippen LogP contribution in [-0.2, 0) is 4.74 Å². The number of hydrogen-bond acceptors (Lipinski definition) is 3. The maximum absolute atomic E-state index is 5.98. The van der Waals surface area contributed by atoms with Crippen molar-refractivity contribution >= 4 is 5.96 Å². The Balaban J connectivity index is 1.64. The molecule has 4 N–H and O–H groups in total. The van der Waals surface area contributed by atoms with Crippen LogP contribution in [0.1, 0.15) is 77.6 Å². The van der Waals surface area contributed by atoms with Gasteiger partial charge in [-0.3, -0.25) is 10.7 Å². The van der Waals surface area contributed by atoms with Crippen LogP contribution in [0.3, 0.4) is 0 Å². The highest BCUT2D eigenvalue weighted by molar-refractivity contribution is 5.72. The Morgan fingerprint density at radius 2 is 2.00 bits per heavy atom. The first-order valence-electron chi connectivity index (χ1n) is 8.55. The molecular weight excluding hydrogens is 250 g/mol. The Labute approximate surface area is 123 Å². The molecule has 1 fully saturated rings. The summed E-state index contributed by atoms with van der Waals surface area (Å²) < 4.78 is 5.90. The minimum absolute atomic E-state index is 0.166. The minimum atomic E-state index is -0.166. The maximum Gasteiger partial charge on any atom is 0.343 e. The summed E-state index contributed by atoms with van der Waals surface area (Å²) in [6.07, 6.45) is 14.0. The summed E-state index contributed by atoms with van der Waals surface area (Å²) in [6.45, 7) is 3.13. The third-order valence-corrected chi connectivity index (χ3v) is 4.56. The molecule has 0 amide bonds. The van der Waals surface area contributed by atoms with E-state index in [0.717, 1.165) is 25.9 Å². The fourth-order valence-corrected chi connectivity index (χ4v) is 3.48. The van der Waals surface area contributed by atoms with E-state index in [9.17, 15) is 0 Å². The van der Waals surface area contributed by atoms with Gasteiger partial charge in [0.1, 0.15) is 0 Å². The van der Waals surface area contributed by atoms with Crippen molar-refractivity contribution in [1.82, 2.24) is 5.32 Å². The quantitative estimate of drug-likeness (QED) is 0.590. The zero-order valence-corrected chi connectivity index (χ0v) is 13.0. The van der Waals surface area contributed by atoms with Crippen molar-refractivity contribution in [3.63, 3.8) is 0 Å². The summed E-state index contributed by atoms with van der Waals surface area (Å²) in [5, 5.41) is 3.31. The molecule has 0 aromatic carbocycles. The molecule has 0 aliphatic carbocycles. The zero-order chi connectivity index (χ0) is 14.3. The first-order valence-corrected chi connectivity index (χ1v) is 8.55. The molecule has 2 aliphatic heterocycles. The van der Waals surface area contributed by atoms with Crippen molar-refractivity contribution in [3.8, 4) is 0 Å². The third kappa shape index (κ3) is 4.65. The van der Waals surface area contributed by atoms with E-state index >= 15 is 0 Å². The molecule has 0 unspecified atom stereocenters. The van der Waals surface area contributed by atoms with E-state index in [-0.39, 0.29) is 5.72 Å². The Kier molecular flexibility index (Phi) is 6.14. The smallest absolute Gasteiger partial charge is 0.343 e. The van der Waals surface area contributed by atoms with Gasteiger partial charge in [-0.05, 0) is 12.8 Å². The van der Waals surface area contributed by atoms with Gasteiger partial charge in [0.2, 0.25) is 0 Å². The van der Waals surface area contributed by atoms with Gasteiger partial charge in [-0.1, -0.05) is 51.9 Å². The summed E-state index contributed by atoms with van der Waals surface area (Å²) in [4.78, 5) is 3.38. The summed E-state index contributed by atoms with van der Waals surface area (Å²) in [5.41, 5.74) is 5.81. The number of nitrogens with two attached hydrogens (primary N) is 1. The van der Waals surface area contributed by atoms with Crippen LogP contribution in [0, 0.1) is 0 Å². The first-order chi connectivity index (χ1) is 9.74. The summed E-state index contributed by atoms with van der Waals surface area (Å²) in [7, 11) is 0. The molecular formula is C16H32N3O+. The van der Waals surface area contributed by atoms with Gasteiger partial charge >= 0.3 is 5.96 Å². The molecule has 20 heavy (non-hydrogen) atoms. The van der Waals surface area contributed by atoms with Crippen molar-refractivity contribution in [2.45, 2.75) is 89.3 Å². The predicted octanol–water partition coefficient (Wildman–Crippen LogP) is 1.39. The van der Waals surface area contributed by atoms with E-state index in [1.54, 1.807) is 0 Å². The van der Waals surface area contributed by atoms with Gasteiger partial charge in [-0.15, -0.1) is 0 Å². The molecule has 0 aromatic rings. The average Bonchev–Trinajstić information content (AvgIpc) is 2.84. The lowest BCUT2D eigenvalue weighted by Gasteiger charge is -2.32. The van der Waals surface area contributed by atoms with Gasteiger partial charge in [0, 0.05) is 12.8 Å². The highest BCUT2D eigenvalue weighted by Gasteiger charge is 2.44. The Bertz CT molecular complexity index is 311. The SMILES string of the molecule is CCCCCCCCC[C@@H]1C[C@]2(CCCO2)NC(N)=[NH+]1. The number of ether oxygens (including phenoxy) is 1. The van der Waals surface area contributed by atoms with Crippen LogP contribution in [0.2, 0.25) is 0 Å². The fraction of sp³-hybridized carbons (Fsp3) is 0.938. The molecule has 116 valence electrons. The molecule has 4 heteroatoms. The van der Waals surface area contributed by atoms with Crippen molar-refractivity contribution in [1.29, 1.82) is 0 Å². The van der Waals surface area contributed by atoms with E-state index in [0.29, 0.717) is 12.0 Å². The second-order valence-corrected chi connectivity index (χ2v) is 6.44.